The fourth-order valence-electron chi connectivity index (χ4n) is 1.68. The Kier molecular flexibility index (Phi) is 2.50. The Morgan fingerprint density at radius 2 is 2.40 bits per heavy atom. The summed E-state index contributed by atoms with van der Waals surface area (Å²) in [6.07, 6.45) is 4.91. The first-order chi connectivity index (χ1) is 4.74. The van der Waals surface area contributed by atoms with Crippen molar-refractivity contribution in [3.8, 4) is 0 Å². The number of hydrogen-bond acceptors (Lipinski definition) is 1. The minimum Gasteiger partial charge on any atom is -0.330 e. The summed E-state index contributed by atoms with van der Waals surface area (Å²) in [4.78, 5) is 0. The van der Waals surface area contributed by atoms with Crippen LogP contribution in [0.3, 0.4) is 0 Å². The maximum absolute atomic E-state index is 5.61. The summed E-state index contributed by atoms with van der Waals surface area (Å²) >= 11 is 0. The van der Waals surface area contributed by atoms with Crippen molar-refractivity contribution in [3.05, 3.63) is 11.6 Å². The molecule has 2 N–H and O–H groups in total. The zero-order valence-electron chi connectivity index (χ0n) is 6.93. The Morgan fingerprint density at radius 1 is 1.70 bits per heavy atom. The van der Waals surface area contributed by atoms with Gasteiger partial charge in [-0.15, -0.1) is 0 Å². The largest absolute Gasteiger partial charge is 0.330 e. The highest BCUT2D eigenvalue weighted by molar-refractivity contribution is 5.06. The molecule has 0 saturated carbocycles. The van der Waals surface area contributed by atoms with Crippen LogP contribution in [-0.4, -0.2) is 6.54 Å². The van der Waals surface area contributed by atoms with Crippen LogP contribution in [0.2, 0.25) is 0 Å². The van der Waals surface area contributed by atoms with E-state index in [0.29, 0.717) is 5.92 Å². The van der Waals surface area contributed by atoms with E-state index < -0.39 is 0 Å². The van der Waals surface area contributed by atoms with Crippen molar-refractivity contribution in [1.29, 1.82) is 0 Å². The van der Waals surface area contributed by atoms with E-state index in [2.05, 4.69) is 19.9 Å². The van der Waals surface area contributed by atoms with Crippen LogP contribution in [0, 0.1) is 11.8 Å². The highest BCUT2D eigenvalue weighted by Gasteiger charge is 2.17. The van der Waals surface area contributed by atoms with Crippen molar-refractivity contribution in [2.75, 3.05) is 6.54 Å². The fourth-order valence-corrected chi connectivity index (χ4v) is 1.68. The minimum atomic E-state index is 0.707. The zero-order valence-corrected chi connectivity index (χ0v) is 6.93. The highest BCUT2D eigenvalue weighted by atomic mass is 14.6. The highest BCUT2D eigenvalue weighted by Crippen LogP contribution is 2.26. The van der Waals surface area contributed by atoms with Gasteiger partial charge in [0, 0.05) is 0 Å². The van der Waals surface area contributed by atoms with Crippen LogP contribution in [-0.2, 0) is 0 Å². The molecule has 0 bridgehead atoms. The minimum absolute atomic E-state index is 0.707. The van der Waals surface area contributed by atoms with Gasteiger partial charge >= 0.3 is 0 Å². The van der Waals surface area contributed by atoms with Crippen molar-refractivity contribution in [3.63, 3.8) is 0 Å². The van der Waals surface area contributed by atoms with E-state index >= 15 is 0 Å². The molecule has 58 valence electrons. The molecule has 0 heterocycles. The van der Waals surface area contributed by atoms with E-state index in [9.17, 15) is 0 Å². The van der Waals surface area contributed by atoms with Crippen LogP contribution in [0.5, 0.6) is 0 Å². The molecule has 0 amide bonds. The first-order valence-corrected chi connectivity index (χ1v) is 4.11. The third-order valence-electron chi connectivity index (χ3n) is 2.50. The Balaban J connectivity index is 2.55. The lowest BCUT2D eigenvalue weighted by molar-refractivity contribution is 0.380. The van der Waals surface area contributed by atoms with Crippen LogP contribution < -0.4 is 5.73 Å². The topological polar surface area (TPSA) is 26.0 Å². The molecule has 2 unspecified atom stereocenters. The lowest BCUT2D eigenvalue weighted by Gasteiger charge is -2.25. The molecule has 1 nitrogen and oxygen atoms in total. The Hall–Kier alpha value is -0.300. The van der Waals surface area contributed by atoms with Crippen LogP contribution in [0.15, 0.2) is 11.6 Å². The summed E-state index contributed by atoms with van der Waals surface area (Å²) in [5, 5.41) is 0. The van der Waals surface area contributed by atoms with Gasteiger partial charge in [0.2, 0.25) is 0 Å². The van der Waals surface area contributed by atoms with Gasteiger partial charge < -0.3 is 5.73 Å². The molecule has 0 aromatic carbocycles. The maximum atomic E-state index is 5.61. The standard InChI is InChI=1S/C9H17N/c1-7-3-4-9(6-10)8(2)5-7/h5,8-9H,3-4,6,10H2,1-2H3. The molecule has 1 aliphatic rings. The van der Waals surface area contributed by atoms with Crippen molar-refractivity contribution < 1.29 is 0 Å². The summed E-state index contributed by atoms with van der Waals surface area (Å²) in [5.41, 5.74) is 7.15. The van der Waals surface area contributed by atoms with Gasteiger partial charge in [0.05, 0.1) is 0 Å². The fraction of sp³-hybridized carbons (Fsp3) is 0.778. The van der Waals surface area contributed by atoms with Crippen molar-refractivity contribution >= 4 is 0 Å². The molecular weight excluding hydrogens is 122 g/mol. The molecule has 0 aromatic rings. The molecule has 0 fully saturated rings. The van der Waals surface area contributed by atoms with Gasteiger partial charge in [0.25, 0.3) is 0 Å². The number of rotatable bonds is 1. The van der Waals surface area contributed by atoms with Crippen LogP contribution >= 0.6 is 0 Å². The quantitative estimate of drug-likeness (QED) is 0.552. The zero-order chi connectivity index (χ0) is 7.56. The number of allylic oxidation sites excluding steroid dienone is 2. The SMILES string of the molecule is CC1=CC(C)C(CN)CC1. The van der Waals surface area contributed by atoms with Gasteiger partial charge in [-0.2, -0.15) is 0 Å². The van der Waals surface area contributed by atoms with Gasteiger partial charge in [-0.1, -0.05) is 18.6 Å². The van der Waals surface area contributed by atoms with E-state index in [1.54, 1.807) is 0 Å². The van der Waals surface area contributed by atoms with Gasteiger partial charge in [-0.25, -0.2) is 0 Å². The predicted molar refractivity (Wildman–Crippen MR) is 44.7 cm³/mol. The molecule has 0 radical (unpaired) electrons. The van der Waals surface area contributed by atoms with Gasteiger partial charge in [0.1, 0.15) is 0 Å². The summed E-state index contributed by atoms with van der Waals surface area (Å²) in [6.45, 7) is 5.33. The van der Waals surface area contributed by atoms with Crippen molar-refractivity contribution in [2.45, 2.75) is 26.7 Å². The van der Waals surface area contributed by atoms with Crippen LogP contribution in [0.25, 0.3) is 0 Å². The van der Waals surface area contributed by atoms with Crippen molar-refractivity contribution in [2.24, 2.45) is 17.6 Å². The van der Waals surface area contributed by atoms with E-state index in [1.807, 2.05) is 0 Å². The molecule has 0 aromatic heterocycles. The lowest BCUT2D eigenvalue weighted by atomic mass is 9.82. The Labute approximate surface area is 63.3 Å². The normalized spacial score (nSPS) is 33.7. The van der Waals surface area contributed by atoms with E-state index in [-0.39, 0.29) is 0 Å². The van der Waals surface area contributed by atoms with Crippen molar-refractivity contribution in [1.82, 2.24) is 0 Å². The maximum Gasteiger partial charge on any atom is -0.00432 e. The summed E-state index contributed by atoms with van der Waals surface area (Å²) in [7, 11) is 0. The Morgan fingerprint density at radius 3 is 2.90 bits per heavy atom. The monoisotopic (exact) mass is 139 g/mol. The summed E-state index contributed by atoms with van der Waals surface area (Å²) in [5.74, 6) is 1.45. The molecular formula is C9H17N. The average molecular weight is 139 g/mol. The van der Waals surface area contributed by atoms with E-state index in [1.165, 1.54) is 18.4 Å². The number of hydrogen-bond donors (Lipinski definition) is 1. The number of nitrogens with two attached hydrogens (primary N) is 1. The average Bonchev–Trinajstić information content (AvgIpc) is 1.88. The molecule has 0 aliphatic heterocycles. The first-order valence-electron chi connectivity index (χ1n) is 4.11. The molecule has 2 atom stereocenters. The summed E-state index contributed by atoms with van der Waals surface area (Å²) in [6, 6.07) is 0. The van der Waals surface area contributed by atoms with E-state index in [4.69, 9.17) is 5.73 Å². The third kappa shape index (κ3) is 1.60. The van der Waals surface area contributed by atoms with E-state index in [0.717, 1.165) is 12.5 Å². The molecule has 1 heteroatoms. The second-order valence-corrected chi connectivity index (χ2v) is 3.41. The van der Waals surface area contributed by atoms with Crippen LogP contribution in [0.1, 0.15) is 26.7 Å². The second-order valence-electron chi connectivity index (χ2n) is 3.41. The predicted octanol–water partition coefficient (Wildman–Crippen LogP) is 1.94. The molecule has 1 aliphatic carbocycles. The molecule has 10 heavy (non-hydrogen) atoms. The van der Waals surface area contributed by atoms with Gasteiger partial charge in [-0.05, 0) is 38.1 Å². The molecule has 0 saturated heterocycles. The smallest absolute Gasteiger partial charge is 0.00432 e. The second kappa shape index (κ2) is 3.20. The third-order valence-corrected chi connectivity index (χ3v) is 2.50. The van der Waals surface area contributed by atoms with Crippen LogP contribution in [0.4, 0.5) is 0 Å². The molecule has 0 spiro atoms. The Bertz CT molecular complexity index is 138. The summed E-state index contributed by atoms with van der Waals surface area (Å²) < 4.78 is 0. The van der Waals surface area contributed by atoms with Gasteiger partial charge in [-0.3, -0.25) is 0 Å². The molecule has 1 rings (SSSR count). The lowest BCUT2D eigenvalue weighted by Crippen LogP contribution is -2.23. The first kappa shape index (κ1) is 7.80. The van der Waals surface area contributed by atoms with Gasteiger partial charge in [0.15, 0.2) is 0 Å².